The van der Waals surface area contributed by atoms with E-state index in [1.54, 1.807) is 170 Å². The Bertz CT molecular complexity index is 2440. The summed E-state index contributed by atoms with van der Waals surface area (Å²) in [5, 5.41) is 8.88. The first-order chi connectivity index (χ1) is 34.1. The van der Waals surface area contributed by atoms with Crippen molar-refractivity contribution in [3.8, 4) is 0 Å². The monoisotopic (exact) mass is 1150 g/mol. The Morgan fingerprint density at radius 2 is 0.623 bits per heavy atom. The molecule has 6 amide bonds. The highest BCUT2D eigenvalue weighted by molar-refractivity contribution is 9.10. The van der Waals surface area contributed by atoms with Gasteiger partial charge in [-0.1, -0.05) is 25.6 Å². The molecule has 3 aromatic rings. The lowest BCUT2D eigenvalue weighted by molar-refractivity contribution is -0.154. The maximum absolute atomic E-state index is 12.7. The molecule has 0 fully saturated rings. The van der Waals surface area contributed by atoms with E-state index in [0.717, 1.165) is 9.80 Å². The van der Waals surface area contributed by atoms with Crippen molar-refractivity contribution >= 4 is 81.9 Å². The smallest absolute Gasteiger partial charge is 0.425 e. The quantitative estimate of drug-likeness (QED) is 0.131. The van der Waals surface area contributed by atoms with E-state index in [2.05, 4.69) is 30.9 Å². The second kappa shape index (κ2) is 27.9. The van der Waals surface area contributed by atoms with Crippen LogP contribution in [-0.2, 0) is 55.6 Å². The number of hydrogen-bond donors (Lipinski definition) is 1. The van der Waals surface area contributed by atoms with Gasteiger partial charge in [0.15, 0.2) is 0 Å². The number of rotatable bonds is 7. The van der Waals surface area contributed by atoms with Crippen molar-refractivity contribution in [1.29, 1.82) is 0 Å². The number of carboxylic acid groups (broad SMARTS) is 1. The van der Waals surface area contributed by atoms with Gasteiger partial charge in [0.05, 0.1) is 24.2 Å². The van der Waals surface area contributed by atoms with Crippen LogP contribution in [0.5, 0.6) is 0 Å². The Labute approximate surface area is 461 Å². The summed E-state index contributed by atoms with van der Waals surface area (Å²) >= 11 is 3.21. The topological polar surface area (TPSA) is 270 Å². The normalized spacial score (nSPS) is 11.7. The van der Waals surface area contributed by atoms with E-state index >= 15 is 0 Å². The first kappa shape index (κ1) is 70.1. The number of carbonyl (C=O) groups is 8. The van der Waals surface area contributed by atoms with Crippen molar-refractivity contribution in [2.24, 2.45) is 0 Å². The number of ether oxygens (including phenoxy) is 7. The molecule has 0 spiro atoms. The molecular weight excluding hydrogens is 1070 g/mol. The second-order valence-corrected chi connectivity index (χ2v) is 24.3. The number of pyridine rings is 3. The van der Waals surface area contributed by atoms with Crippen LogP contribution in [0.3, 0.4) is 0 Å². The Hall–Kier alpha value is -6.91. The molecule has 1 N–H and O–H groups in total. The molecule has 0 radical (unpaired) electrons. The molecule has 22 nitrogen and oxygen atoms in total. The predicted octanol–water partition coefficient (Wildman–Crippen LogP) is 13.2. The minimum absolute atomic E-state index is 0. The number of nitrogens with zero attached hydrogens (tertiary/aromatic N) is 6. The van der Waals surface area contributed by atoms with E-state index in [9.17, 15) is 38.4 Å². The third kappa shape index (κ3) is 29.8. The fourth-order valence-electron chi connectivity index (χ4n) is 5.21. The third-order valence-electron chi connectivity index (χ3n) is 7.51. The van der Waals surface area contributed by atoms with E-state index in [1.165, 1.54) is 30.3 Å². The highest BCUT2D eigenvalue weighted by Gasteiger charge is 2.37. The molecule has 0 aromatic carbocycles. The Balaban J connectivity index is 0.00000113. The highest BCUT2D eigenvalue weighted by atomic mass is 79.9. The third-order valence-corrected chi connectivity index (χ3v) is 7.95. The number of esters is 1. The van der Waals surface area contributed by atoms with Crippen LogP contribution in [0.25, 0.3) is 0 Å². The van der Waals surface area contributed by atoms with Crippen LogP contribution >= 0.6 is 15.9 Å². The lowest BCUT2D eigenvalue weighted by Crippen LogP contribution is -2.44. The predicted molar refractivity (Wildman–Crippen MR) is 293 cm³/mol. The molecule has 0 unspecified atom stereocenters. The number of carbonyl (C=O) groups excluding carboxylic acids is 7. The summed E-state index contributed by atoms with van der Waals surface area (Å²) in [5.41, 5.74) is -4.92. The van der Waals surface area contributed by atoms with E-state index in [1.807, 2.05) is 0 Å². The molecule has 0 saturated carbocycles. The second-order valence-electron chi connectivity index (χ2n) is 23.5. The van der Waals surface area contributed by atoms with Gasteiger partial charge in [-0.15, -0.1) is 0 Å². The van der Waals surface area contributed by atoms with E-state index in [4.69, 9.17) is 38.3 Å². The Kier molecular flexibility index (Phi) is 25.4. The maximum Gasteiger partial charge on any atom is 0.425 e. The number of aliphatic carboxylic acids is 1. The number of hydrogen-bond acceptors (Lipinski definition) is 18. The molecule has 0 aliphatic rings. The van der Waals surface area contributed by atoms with Gasteiger partial charge >= 0.3 is 48.5 Å². The molecule has 23 heteroatoms. The molecule has 0 saturated heterocycles. The molecule has 0 aliphatic heterocycles. The van der Waals surface area contributed by atoms with Gasteiger partial charge < -0.3 is 38.3 Å². The molecule has 430 valence electrons. The van der Waals surface area contributed by atoms with E-state index in [0.29, 0.717) is 15.2 Å². The number of imide groups is 3. The van der Waals surface area contributed by atoms with Crippen LogP contribution in [0.1, 0.15) is 164 Å². The summed E-state index contributed by atoms with van der Waals surface area (Å²) in [4.78, 5) is 113. The zero-order valence-corrected chi connectivity index (χ0v) is 49.3. The van der Waals surface area contributed by atoms with Crippen LogP contribution in [0, 0.1) is 0 Å². The fourth-order valence-corrected chi connectivity index (χ4v) is 5.55. The Morgan fingerprint density at radius 1 is 0.390 bits per heavy atom. The van der Waals surface area contributed by atoms with E-state index < -0.39 is 87.7 Å². The molecule has 3 aromatic heterocycles. The summed E-state index contributed by atoms with van der Waals surface area (Å²) in [6.07, 6.45) is -5.89. The van der Waals surface area contributed by atoms with Crippen LogP contribution in [-0.4, -0.2) is 108 Å². The Morgan fingerprint density at radius 3 is 0.857 bits per heavy atom. The van der Waals surface area contributed by atoms with Crippen LogP contribution in [0.2, 0.25) is 0 Å². The number of anilines is 3. The highest BCUT2D eigenvalue weighted by Crippen LogP contribution is 2.25. The van der Waals surface area contributed by atoms with Gasteiger partial charge in [-0.25, -0.2) is 43.7 Å². The fraction of sp³-hybridized carbons (Fsp3) is 0.574. The number of amides is 6. The first-order valence-electron chi connectivity index (χ1n) is 23.9. The number of carboxylic acids is 1. The van der Waals surface area contributed by atoms with Crippen molar-refractivity contribution in [1.82, 2.24) is 15.0 Å². The van der Waals surface area contributed by atoms with E-state index in [-0.39, 0.29) is 43.4 Å². The SMILES string of the molecule is C.CC(C)(C)OC(=O)Cc1cccc(N(C(=O)OC(C)(C)C)C(=O)OC(C)(C)C)n1.CC(C)(C)OC(=O)N(C(=O)OC(C)(C)C)c1cccc(Br)n1.CC(C)(C)OC(=O)N(C(=O)OC(C)(C)C)c1cccc(CC(=O)O)n1. The van der Waals surface area contributed by atoms with Gasteiger partial charge in [0.25, 0.3) is 0 Å². The van der Waals surface area contributed by atoms with Gasteiger partial charge in [0.1, 0.15) is 61.3 Å². The van der Waals surface area contributed by atoms with Crippen molar-refractivity contribution < 1.29 is 76.6 Å². The maximum atomic E-state index is 12.7. The van der Waals surface area contributed by atoms with Gasteiger partial charge in [-0.2, -0.15) is 14.7 Å². The number of halogens is 1. The summed E-state index contributed by atoms with van der Waals surface area (Å²) in [6, 6.07) is 13.9. The summed E-state index contributed by atoms with van der Waals surface area (Å²) in [5.74, 6) is -1.50. The lowest BCUT2D eigenvalue weighted by atomic mass is 10.2. The van der Waals surface area contributed by atoms with Crippen molar-refractivity contribution in [2.75, 3.05) is 14.7 Å². The van der Waals surface area contributed by atoms with Crippen molar-refractivity contribution in [3.63, 3.8) is 0 Å². The van der Waals surface area contributed by atoms with Crippen LogP contribution in [0.4, 0.5) is 46.2 Å². The summed E-state index contributed by atoms with van der Waals surface area (Å²) in [7, 11) is 0. The molecule has 3 heterocycles. The lowest BCUT2D eigenvalue weighted by Gasteiger charge is -2.28. The van der Waals surface area contributed by atoms with Crippen molar-refractivity contribution in [3.05, 3.63) is 70.6 Å². The molecule has 77 heavy (non-hydrogen) atoms. The zero-order chi connectivity index (χ0) is 59.2. The average molecular weight is 1150 g/mol. The van der Waals surface area contributed by atoms with Crippen LogP contribution in [0.15, 0.2) is 59.2 Å². The van der Waals surface area contributed by atoms with Gasteiger partial charge in [-0.05, 0) is 198 Å². The summed E-state index contributed by atoms with van der Waals surface area (Å²) in [6.45, 7) is 35.7. The zero-order valence-electron chi connectivity index (χ0n) is 47.7. The molecule has 3 rings (SSSR count). The molecule has 0 atom stereocenters. The standard InChI is InChI=1S/C21H32N2O6.C17H24N2O6.C15H21BrN2O4.CH4/c1-19(2,3)27-16(24)13-14-11-10-12-15(22-14)23(17(25)28-20(4,5)6)18(26)29-21(7,8)9;1-16(2,3)24-14(22)19(15(23)25-17(4,5)6)12-9-7-8-11(18-12)10-13(20)21;1-14(2,3)21-12(19)18(13(20)22-15(4,5)6)11-9-7-8-10(16)17-11;/h10-12H,13H2,1-9H3;7-9H,10H2,1-6H3,(H,20,21);7-9H,1-6H3;1H4. The van der Waals surface area contributed by atoms with Gasteiger partial charge in [0.2, 0.25) is 0 Å². The van der Waals surface area contributed by atoms with Crippen LogP contribution < -0.4 is 14.7 Å². The first-order valence-corrected chi connectivity index (χ1v) is 24.7. The van der Waals surface area contributed by atoms with Gasteiger partial charge in [0, 0.05) is 0 Å². The minimum atomic E-state index is -1.08. The molecule has 0 aliphatic carbocycles. The molecule has 0 bridgehead atoms. The van der Waals surface area contributed by atoms with Crippen molar-refractivity contribution in [2.45, 2.75) is 205 Å². The van der Waals surface area contributed by atoms with Gasteiger partial charge in [-0.3, -0.25) is 9.59 Å². The summed E-state index contributed by atoms with van der Waals surface area (Å²) < 4.78 is 37.4. The molecular formula is C54H81BrN6O16. The largest absolute Gasteiger partial charge is 0.481 e. The average Bonchev–Trinajstić information content (AvgIpc) is 3.14. The number of aromatic nitrogens is 3. The minimum Gasteiger partial charge on any atom is -0.481 e.